The fourth-order valence-electron chi connectivity index (χ4n) is 2.52. The lowest BCUT2D eigenvalue weighted by Gasteiger charge is -2.10. The molecule has 1 atom stereocenters. The lowest BCUT2D eigenvalue weighted by molar-refractivity contribution is 0.483. The summed E-state index contributed by atoms with van der Waals surface area (Å²) in [7, 11) is -4.19. The fraction of sp³-hybridized carbons (Fsp3) is 0.333. The average Bonchev–Trinajstić information content (AvgIpc) is 2.52. The van der Waals surface area contributed by atoms with Crippen LogP contribution in [-0.2, 0) is 10.1 Å². The predicted octanol–water partition coefficient (Wildman–Crippen LogP) is 3.94. The number of fused-ring (bicyclic) bond motifs is 1. The van der Waals surface area contributed by atoms with E-state index in [0.29, 0.717) is 5.56 Å². The minimum Gasteiger partial charge on any atom is -0.282 e. The van der Waals surface area contributed by atoms with Gasteiger partial charge in [-0.3, -0.25) is 4.55 Å². The normalized spacial score (nSPS) is 13.6. The third-order valence-electron chi connectivity index (χ3n) is 3.43. The van der Waals surface area contributed by atoms with Gasteiger partial charge in [0.15, 0.2) is 0 Å². The van der Waals surface area contributed by atoms with Crippen molar-refractivity contribution in [2.75, 3.05) is 0 Å². The lowest BCUT2D eigenvalue weighted by Crippen LogP contribution is -1.96. The van der Waals surface area contributed by atoms with Gasteiger partial charge in [-0.15, -0.1) is 0 Å². The van der Waals surface area contributed by atoms with Gasteiger partial charge in [-0.05, 0) is 29.5 Å². The van der Waals surface area contributed by atoms with Crippen LogP contribution >= 0.6 is 0 Å². The second-order valence-corrected chi connectivity index (χ2v) is 6.26. The van der Waals surface area contributed by atoms with Crippen LogP contribution in [0, 0.1) is 0 Å². The first-order chi connectivity index (χ1) is 8.95. The molecule has 1 N–H and O–H groups in total. The van der Waals surface area contributed by atoms with Crippen molar-refractivity contribution in [1.82, 2.24) is 0 Å². The van der Waals surface area contributed by atoms with E-state index in [1.165, 1.54) is 0 Å². The van der Waals surface area contributed by atoms with Crippen LogP contribution in [0.2, 0.25) is 0 Å². The van der Waals surface area contributed by atoms with Crippen molar-refractivity contribution < 1.29 is 13.0 Å². The molecule has 19 heavy (non-hydrogen) atoms. The van der Waals surface area contributed by atoms with Gasteiger partial charge in [0.1, 0.15) is 4.90 Å². The van der Waals surface area contributed by atoms with Crippen molar-refractivity contribution in [2.24, 2.45) is 0 Å². The molecule has 0 aromatic carbocycles. The Morgan fingerprint density at radius 3 is 2.37 bits per heavy atom. The predicted molar refractivity (Wildman–Crippen MR) is 76.2 cm³/mol. The Hall–Kier alpha value is -1.39. The largest absolute Gasteiger partial charge is 0.295 e. The highest BCUT2D eigenvalue weighted by molar-refractivity contribution is 7.86. The molecule has 0 saturated heterocycles. The van der Waals surface area contributed by atoms with Gasteiger partial charge in [0.05, 0.1) is 0 Å². The highest BCUT2D eigenvalue weighted by atomic mass is 32.2. The van der Waals surface area contributed by atoms with Gasteiger partial charge in [0.2, 0.25) is 0 Å². The third kappa shape index (κ3) is 2.80. The Morgan fingerprint density at radius 2 is 1.79 bits per heavy atom. The molecule has 0 saturated carbocycles. The van der Waals surface area contributed by atoms with Crippen molar-refractivity contribution in [3.05, 3.63) is 42.0 Å². The Bertz CT molecular complexity index is 646. The molecular weight excluding hydrogens is 260 g/mol. The van der Waals surface area contributed by atoms with E-state index in [1.54, 1.807) is 18.2 Å². The van der Waals surface area contributed by atoms with Crippen LogP contribution in [0.3, 0.4) is 0 Å². The molecular formula is C15H18O3S. The van der Waals surface area contributed by atoms with Gasteiger partial charge in [-0.1, -0.05) is 50.6 Å². The van der Waals surface area contributed by atoms with E-state index in [0.717, 1.165) is 24.0 Å². The summed E-state index contributed by atoms with van der Waals surface area (Å²) in [5.41, 5.74) is 2.48. The molecule has 2 aliphatic carbocycles. The number of hydrogen-bond donors (Lipinski definition) is 1. The van der Waals surface area contributed by atoms with Crippen LogP contribution in [0.5, 0.6) is 0 Å². The van der Waals surface area contributed by atoms with Gasteiger partial charge in [0.25, 0.3) is 10.1 Å². The SMILES string of the molecule is CCCC(C)c1cc(S(=O)(=O)O)c2cccccc1-2. The Balaban J connectivity index is 2.68. The Kier molecular flexibility index (Phi) is 3.92. The molecule has 0 radical (unpaired) electrons. The highest BCUT2D eigenvalue weighted by Crippen LogP contribution is 2.39. The highest BCUT2D eigenvalue weighted by Gasteiger charge is 2.24. The maximum absolute atomic E-state index is 11.5. The van der Waals surface area contributed by atoms with Crippen LogP contribution in [0.15, 0.2) is 41.3 Å². The average molecular weight is 278 g/mol. The third-order valence-corrected chi connectivity index (χ3v) is 4.33. The minimum atomic E-state index is -4.19. The van der Waals surface area contributed by atoms with Gasteiger partial charge in [-0.25, -0.2) is 0 Å². The topological polar surface area (TPSA) is 54.4 Å². The number of hydrogen-bond acceptors (Lipinski definition) is 2. The zero-order valence-electron chi connectivity index (χ0n) is 11.1. The van der Waals surface area contributed by atoms with E-state index in [-0.39, 0.29) is 10.8 Å². The van der Waals surface area contributed by atoms with Gasteiger partial charge in [0, 0.05) is 5.56 Å². The van der Waals surface area contributed by atoms with E-state index < -0.39 is 10.1 Å². The minimum absolute atomic E-state index is 0.0108. The van der Waals surface area contributed by atoms with Crippen molar-refractivity contribution in [3.8, 4) is 11.1 Å². The quantitative estimate of drug-likeness (QED) is 0.862. The van der Waals surface area contributed by atoms with E-state index in [4.69, 9.17) is 0 Å². The molecule has 4 heteroatoms. The molecule has 1 unspecified atom stereocenters. The van der Waals surface area contributed by atoms with Crippen molar-refractivity contribution in [3.63, 3.8) is 0 Å². The van der Waals surface area contributed by atoms with Crippen molar-refractivity contribution >= 4 is 10.1 Å². The van der Waals surface area contributed by atoms with Crippen molar-refractivity contribution in [1.29, 1.82) is 0 Å². The summed E-state index contributed by atoms with van der Waals surface area (Å²) in [5, 5.41) is 0. The maximum Gasteiger partial charge on any atom is 0.295 e. The molecule has 0 heterocycles. The second-order valence-electron chi connectivity index (χ2n) is 4.87. The van der Waals surface area contributed by atoms with Crippen LogP contribution < -0.4 is 0 Å². The van der Waals surface area contributed by atoms with Gasteiger partial charge < -0.3 is 0 Å². The Labute approximate surface area is 114 Å². The van der Waals surface area contributed by atoms with Crippen LogP contribution in [-0.4, -0.2) is 13.0 Å². The lowest BCUT2D eigenvalue weighted by atomic mass is 9.95. The fourth-order valence-corrected chi connectivity index (χ4v) is 3.25. The van der Waals surface area contributed by atoms with E-state index in [9.17, 15) is 13.0 Å². The maximum atomic E-state index is 11.5. The molecule has 0 amide bonds. The van der Waals surface area contributed by atoms with Crippen LogP contribution in [0.1, 0.15) is 38.2 Å². The molecule has 0 bridgehead atoms. The van der Waals surface area contributed by atoms with Gasteiger partial charge in [-0.2, -0.15) is 8.42 Å². The first kappa shape index (κ1) is 14.0. The summed E-state index contributed by atoms with van der Waals surface area (Å²) in [6, 6.07) is 10.8. The number of rotatable bonds is 4. The van der Waals surface area contributed by atoms with E-state index >= 15 is 0 Å². The molecule has 0 spiro atoms. The summed E-state index contributed by atoms with van der Waals surface area (Å²) >= 11 is 0. The molecule has 102 valence electrons. The van der Waals surface area contributed by atoms with E-state index in [1.807, 2.05) is 18.2 Å². The first-order valence-corrected chi connectivity index (χ1v) is 7.88. The molecule has 2 rings (SSSR count). The Morgan fingerprint density at radius 1 is 1.16 bits per heavy atom. The zero-order valence-corrected chi connectivity index (χ0v) is 11.9. The molecule has 3 nitrogen and oxygen atoms in total. The molecule has 0 aromatic rings. The summed E-state index contributed by atoms with van der Waals surface area (Å²) in [6.07, 6.45) is 2.02. The van der Waals surface area contributed by atoms with Crippen molar-refractivity contribution in [2.45, 2.75) is 37.5 Å². The standard InChI is InChI=1S/C15H18O3S/c1-3-7-11(2)14-10-15(19(16,17)18)13-9-6-4-5-8-12(13)14/h4-6,8-11H,3,7H2,1-2H3,(H,16,17,18). The summed E-state index contributed by atoms with van der Waals surface area (Å²) in [6.45, 7) is 4.18. The molecule has 0 aliphatic heterocycles. The first-order valence-electron chi connectivity index (χ1n) is 6.44. The zero-order chi connectivity index (χ0) is 14.0. The summed E-state index contributed by atoms with van der Waals surface area (Å²) < 4.78 is 32.4. The monoisotopic (exact) mass is 278 g/mol. The molecule has 0 aromatic heterocycles. The van der Waals surface area contributed by atoms with Gasteiger partial charge >= 0.3 is 0 Å². The molecule has 2 aliphatic rings. The molecule has 0 fully saturated rings. The summed E-state index contributed by atoms with van der Waals surface area (Å²) in [5.74, 6) is 0.269. The second kappa shape index (κ2) is 5.31. The smallest absolute Gasteiger partial charge is 0.282 e. The van der Waals surface area contributed by atoms with Crippen LogP contribution in [0.4, 0.5) is 0 Å². The van der Waals surface area contributed by atoms with Crippen LogP contribution in [0.25, 0.3) is 11.1 Å². The van der Waals surface area contributed by atoms with E-state index in [2.05, 4.69) is 13.8 Å². The summed E-state index contributed by atoms with van der Waals surface area (Å²) in [4.78, 5) is 0.0108.